The van der Waals surface area contributed by atoms with Gasteiger partial charge in [0.2, 0.25) is 0 Å². The quantitative estimate of drug-likeness (QED) is 0.720. The number of halogens is 1. The third kappa shape index (κ3) is 2.15. The van der Waals surface area contributed by atoms with Gasteiger partial charge in [-0.05, 0) is 36.2 Å². The summed E-state index contributed by atoms with van der Waals surface area (Å²) < 4.78 is 2.94. The van der Waals surface area contributed by atoms with Gasteiger partial charge in [-0.15, -0.1) is 5.10 Å². The molecule has 0 fully saturated rings. The van der Waals surface area contributed by atoms with E-state index in [1.165, 1.54) is 9.08 Å². The fourth-order valence-electron chi connectivity index (χ4n) is 2.01. The summed E-state index contributed by atoms with van der Waals surface area (Å²) in [5.74, 6) is 0. The molecule has 96 valence electrons. The Labute approximate surface area is 114 Å². The standard InChI is InChI=1S/C14H12ClN3O/c1-10-5-6-11(12(15)8-10)9-18-14(19)17-7-3-2-4-13(17)16-18/h2-8H,9H2,1H3. The Bertz CT molecular complexity index is 804. The van der Waals surface area contributed by atoms with E-state index in [9.17, 15) is 4.79 Å². The number of nitrogens with zero attached hydrogens (tertiary/aromatic N) is 3. The molecule has 0 aliphatic carbocycles. The van der Waals surface area contributed by atoms with Crippen LogP contribution in [0.3, 0.4) is 0 Å². The predicted octanol–water partition coefficient (Wildman–Crippen LogP) is 2.51. The van der Waals surface area contributed by atoms with Gasteiger partial charge in [-0.2, -0.15) is 0 Å². The van der Waals surface area contributed by atoms with E-state index in [2.05, 4.69) is 5.10 Å². The van der Waals surface area contributed by atoms with Crippen LogP contribution in [0.4, 0.5) is 0 Å². The Balaban J connectivity index is 2.06. The van der Waals surface area contributed by atoms with Crippen molar-refractivity contribution in [3.8, 4) is 0 Å². The summed E-state index contributed by atoms with van der Waals surface area (Å²) in [5, 5.41) is 4.94. The molecule has 0 N–H and O–H groups in total. The van der Waals surface area contributed by atoms with Gasteiger partial charge >= 0.3 is 5.69 Å². The molecule has 0 spiro atoms. The van der Waals surface area contributed by atoms with E-state index in [0.29, 0.717) is 17.2 Å². The fourth-order valence-corrected chi connectivity index (χ4v) is 2.31. The molecule has 2 aromatic heterocycles. The number of benzene rings is 1. The van der Waals surface area contributed by atoms with Gasteiger partial charge in [0.05, 0.1) is 6.54 Å². The van der Waals surface area contributed by atoms with Crippen molar-refractivity contribution in [2.75, 3.05) is 0 Å². The number of aryl methyl sites for hydroxylation is 1. The van der Waals surface area contributed by atoms with Gasteiger partial charge in [-0.25, -0.2) is 9.48 Å². The van der Waals surface area contributed by atoms with E-state index in [1.807, 2.05) is 31.2 Å². The molecule has 4 nitrogen and oxygen atoms in total. The summed E-state index contributed by atoms with van der Waals surface area (Å²) >= 11 is 6.18. The zero-order chi connectivity index (χ0) is 13.4. The van der Waals surface area contributed by atoms with Crippen LogP contribution in [0.1, 0.15) is 11.1 Å². The minimum absolute atomic E-state index is 0.160. The molecule has 0 saturated heterocycles. The van der Waals surface area contributed by atoms with Crippen molar-refractivity contribution < 1.29 is 0 Å². The van der Waals surface area contributed by atoms with Crippen molar-refractivity contribution in [2.45, 2.75) is 13.5 Å². The molecule has 0 bridgehead atoms. The SMILES string of the molecule is Cc1ccc(Cn2nc3ccccn3c2=O)c(Cl)c1. The van der Waals surface area contributed by atoms with Gasteiger partial charge in [-0.3, -0.25) is 4.40 Å². The van der Waals surface area contributed by atoms with Crippen molar-refractivity contribution >= 4 is 17.2 Å². The molecular formula is C14H12ClN3O. The highest BCUT2D eigenvalue weighted by Gasteiger charge is 2.08. The summed E-state index contributed by atoms with van der Waals surface area (Å²) in [6.45, 7) is 2.35. The van der Waals surface area contributed by atoms with E-state index in [0.717, 1.165) is 11.1 Å². The second-order valence-electron chi connectivity index (χ2n) is 4.46. The van der Waals surface area contributed by atoms with Gasteiger partial charge < -0.3 is 0 Å². The first-order chi connectivity index (χ1) is 9.15. The summed E-state index contributed by atoms with van der Waals surface area (Å²) in [7, 11) is 0. The zero-order valence-corrected chi connectivity index (χ0v) is 11.1. The minimum Gasteiger partial charge on any atom is -0.250 e. The first-order valence-corrected chi connectivity index (χ1v) is 6.32. The Morgan fingerprint density at radius 2 is 2.11 bits per heavy atom. The van der Waals surface area contributed by atoms with Crippen LogP contribution < -0.4 is 5.69 Å². The predicted molar refractivity (Wildman–Crippen MR) is 74.7 cm³/mol. The Kier molecular flexibility index (Phi) is 2.87. The van der Waals surface area contributed by atoms with Crippen molar-refractivity contribution in [3.63, 3.8) is 0 Å². The third-order valence-corrected chi connectivity index (χ3v) is 3.37. The average molecular weight is 274 g/mol. The van der Waals surface area contributed by atoms with Crippen LogP contribution >= 0.6 is 11.6 Å². The monoisotopic (exact) mass is 273 g/mol. The molecule has 0 atom stereocenters. The van der Waals surface area contributed by atoms with Crippen molar-refractivity contribution in [2.24, 2.45) is 0 Å². The van der Waals surface area contributed by atoms with Crippen molar-refractivity contribution in [1.29, 1.82) is 0 Å². The van der Waals surface area contributed by atoms with Crippen LogP contribution in [-0.2, 0) is 6.54 Å². The van der Waals surface area contributed by atoms with E-state index in [-0.39, 0.29) is 5.69 Å². The molecule has 0 unspecified atom stereocenters. The maximum absolute atomic E-state index is 12.1. The first kappa shape index (κ1) is 12.0. The number of fused-ring (bicyclic) bond motifs is 1. The maximum Gasteiger partial charge on any atom is 0.350 e. The van der Waals surface area contributed by atoms with Crippen LogP contribution in [0.15, 0.2) is 47.4 Å². The molecule has 0 saturated carbocycles. The smallest absolute Gasteiger partial charge is 0.250 e. The number of hydrogen-bond donors (Lipinski definition) is 0. The Morgan fingerprint density at radius 3 is 2.84 bits per heavy atom. The fraction of sp³-hybridized carbons (Fsp3) is 0.143. The van der Waals surface area contributed by atoms with Crippen LogP contribution in [0.2, 0.25) is 5.02 Å². The number of pyridine rings is 1. The second-order valence-corrected chi connectivity index (χ2v) is 4.87. The van der Waals surface area contributed by atoms with Crippen LogP contribution in [0.5, 0.6) is 0 Å². The first-order valence-electron chi connectivity index (χ1n) is 5.94. The van der Waals surface area contributed by atoms with E-state index in [1.54, 1.807) is 18.3 Å². The van der Waals surface area contributed by atoms with E-state index >= 15 is 0 Å². The largest absolute Gasteiger partial charge is 0.350 e. The number of aromatic nitrogens is 3. The van der Waals surface area contributed by atoms with Crippen molar-refractivity contribution in [3.05, 3.63) is 69.2 Å². The van der Waals surface area contributed by atoms with E-state index < -0.39 is 0 Å². The molecular weight excluding hydrogens is 262 g/mol. The summed E-state index contributed by atoms with van der Waals surface area (Å²) in [5.41, 5.74) is 2.46. The summed E-state index contributed by atoms with van der Waals surface area (Å²) in [6.07, 6.45) is 1.71. The Hall–Kier alpha value is -2.07. The molecule has 0 aliphatic heterocycles. The summed E-state index contributed by atoms with van der Waals surface area (Å²) in [6, 6.07) is 11.2. The molecule has 19 heavy (non-hydrogen) atoms. The third-order valence-electron chi connectivity index (χ3n) is 3.02. The number of rotatable bonds is 2. The molecule has 0 aliphatic rings. The lowest BCUT2D eigenvalue weighted by Gasteiger charge is -2.04. The maximum atomic E-state index is 12.1. The molecule has 1 aromatic carbocycles. The molecule has 0 radical (unpaired) electrons. The Morgan fingerprint density at radius 1 is 1.26 bits per heavy atom. The van der Waals surface area contributed by atoms with Crippen LogP contribution in [-0.4, -0.2) is 14.2 Å². The topological polar surface area (TPSA) is 39.3 Å². The van der Waals surface area contributed by atoms with Crippen LogP contribution in [0.25, 0.3) is 5.65 Å². The van der Waals surface area contributed by atoms with Crippen molar-refractivity contribution in [1.82, 2.24) is 14.2 Å². The molecule has 3 rings (SSSR count). The lowest BCUT2D eigenvalue weighted by molar-refractivity contribution is 0.659. The summed E-state index contributed by atoms with van der Waals surface area (Å²) in [4.78, 5) is 12.1. The average Bonchev–Trinajstić information content (AvgIpc) is 2.70. The minimum atomic E-state index is -0.160. The lowest BCUT2D eigenvalue weighted by atomic mass is 10.1. The zero-order valence-electron chi connectivity index (χ0n) is 10.4. The van der Waals surface area contributed by atoms with Gasteiger partial charge in [0, 0.05) is 11.2 Å². The molecule has 3 aromatic rings. The highest BCUT2D eigenvalue weighted by Crippen LogP contribution is 2.18. The lowest BCUT2D eigenvalue weighted by Crippen LogP contribution is -2.21. The molecule has 5 heteroatoms. The van der Waals surface area contributed by atoms with Gasteiger partial charge in [0.15, 0.2) is 5.65 Å². The highest BCUT2D eigenvalue weighted by molar-refractivity contribution is 6.31. The normalized spacial score (nSPS) is 11.1. The van der Waals surface area contributed by atoms with Crippen LogP contribution in [0, 0.1) is 6.92 Å². The molecule has 0 amide bonds. The molecule has 2 heterocycles. The second kappa shape index (κ2) is 4.55. The highest BCUT2D eigenvalue weighted by atomic mass is 35.5. The van der Waals surface area contributed by atoms with E-state index in [4.69, 9.17) is 11.6 Å². The van der Waals surface area contributed by atoms with Gasteiger partial charge in [-0.1, -0.05) is 29.8 Å². The van der Waals surface area contributed by atoms with Gasteiger partial charge in [0.1, 0.15) is 0 Å². The van der Waals surface area contributed by atoms with Gasteiger partial charge in [0.25, 0.3) is 0 Å². The number of hydrogen-bond acceptors (Lipinski definition) is 2.